The van der Waals surface area contributed by atoms with Crippen molar-refractivity contribution >= 4 is 27.5 Å². The topological polar surface area (TPSA) is 61.4 Å². The average Bonchev–Trinajstić information content (AvgIpc) is 2.32. The summed E-state index contributed by atoms with van der Waals surface area (Å²) in [5.74, 6) is 0.160. The molecule has 0 radical (unpaired) electrons. The largest absolute Gasteiger partial charge is 0.395 e. The Labute approximate surface area is 116 Å². The minimum absolute atomic E-state index is 0.0278. The van der Waals surface area contributed by atoms with Crippen molar-refractivity contribution < 1.29 is 9.90 Å². The maximum atomic E-state index is 11.7. The van der Waals surface area contributed by atoms with E-state index in [1.807, 2.05) is 38.1 Å². The Morgan fingerprint density at radius 2 is 2.06 bits per heavy atom. The number of amides is 1. The fourth-order valence-electron chi connectivity index (χ4n) is 1.49. The van der Waals surface area contributed by atoms with E-state index in [0.717, 1.165) is 10.2 Å². The first kappa shape index (κ1) is 15.1. The number of carbonyl (C=O) groups is 1. The van der Waals surface area contributed by atoms with Gasteiger partial charge in [-0.15, -0.1) is 0 Å². The van der Waals surface area contributed by atoms with E-state index in [-0.39, 0.29) is 31.0 Å². The molecule has 0 aliphatic rings. The minimum Gasteiger partial charge on any atom is -0.395 e. The van der Waals surface area contributed by atoms with Gasteiger partial charge < -0.3 is 15.7 Å². The van der Waals surface area contributed by atoms with Crippen molar-refractivity contribution in [3.63, 3.8) is 0 Å². The second-order valence-corrected chi connectivity index (χ2v) is 5.30. The monoisotopic (exact) mass is 314 g/mol. The Morgan fingerprint density at radius 1 is 1.39 bits per heavy atom. The molecule has 0 spiro atoms. The molecule has 0 aromatic heterocycles. The van der Waals surface area contributed by atoms with Gasteiger partial charge in [-0.1, -0.05) is 26.0 Å². The number of aliphatic hydroxyl groups excluding tert-OH is 1. The molecule has 1 aromatic rings. The van der Waals surface area contributed by atoms with Crippen LogP contribution in [0.1, 0.15) is 13.8 Å². The third kappa shape index (κ3) is 4.76. The second-order valence-electron chi connectivity index (χ2n) is 4.44. The summed E-state index contributed by atoms with van der Waals surface area (Å²) in [5, 5.41) is 15.0. The highest BCUT2D eigenvalue weighted by molar-refractivity contribution is 9.10. The first-order chi connectivity index (χ1) is 8.54. The van der Waals surface area contributed by atoms with Crippen molar-refractivity contribution in [1.82, 2.24) is 5.32 Å². The van der Waals surface area contributed by atoms with Crippen LogP contribution in [0.5, 0.6) is 0 Å². The number of halogens is 1. The van der Waals surface area contributed by atoms with Gasteiger partial charge in [0.25, 0.3) is 0 Å². The number of carbonyl (C=O) groups excluding carboxylic acids is 1. The molecule has 1 aromatic carbocycles. The zero-order valence-corrected chi connectivity index (χ0v) is 12.2. The van der Waals surface area contributed by atoms with Crippen molar-refractivity contribution in [3.05, 3.63) is 28.7 Å². The maximum Gasteiger partial charge on any atom is 0.238 e. The molecule has 3 N–H and O–H groups in total. The van der Waals surface area contributed by atoms with Crippen LogP contribution in [0.3, 0.4) is 0 Å². The fraction of sp³-hybridized carbons (Fsp3) is 0.462. The lowest BCUT2D eigenvalue weighted by Gasteiger charge is -2.19. The Balaban J connectivity index is 2.45. The first-order valence-electron chi connectivity index (χ1n) is 5.93. The van der Waals surface area contributed by atoms with E-state index >= 15 is 0 Å². The molecule has 0 fully saturated rings. The van der Waals surface area contributed by atoms with E-state index in [9.17, 15) is 4.79 Å². The van der Waals surface area contributed by atoms with Gasteiger partial charge in [0.2, 0.25) is 5.91 Å². The van der Waals surface area contributed by atoms with E-state index in [4.69, 9.17) is 5.11 Å². The zero-order chi connectivity index (χ0) is 13.5. The van der Waals surface area contributed by atoms with Crippen LogP contribution < -0.4 is 10.6 Å². The number of anilines is 1. The summed E-state index contributed by atoms with van der Waals surface area (Å²) in [4.78, 5) is 11.7. The molecule has 1 amide bonds. The molecular weight excluding hydrogens is 296 g/mol. The smallest absolute Gasteiger partial charge is 0.238 e. The number of hydrogen-bond donors (Lipinski definition) is 3. The zero-order valence-electron chi connectivity index (χ0n) is 10.6. The van der Waals surface area contributed by atoms with Crippen LogP contribution >= 0.6 is 15.9 Å². The predicted molar refractivity (Wildman–Crippen MR) is 76.5 cm³/mol. The van der Waals surface area contributed by atoms with Crippen LogP contribution in [0.25, 0.3) is 0 Å². The third-order valence-electron chi connectivity index (χ3n) is 2.67. The minimum atomic E-state index is -0.124. The van der Waals surface area contributed by atoms with Crippen LogP contribution in [-0.4, -0.2) is 30.2 Å². The van der Waals surface area contributed by atoms with Crippen molar-refractivity contribution in [2.24, 2.45) is 5.92 Å². The molecule has 18 heavy (non-hydrogen) atoms. The lowest BCUT2D eigenvalue weighted by atomic mass is 10.1. The molecule has 0 unspecified atom stereocenters. The van der Waals surface area contributed by atoms with Gasteiger partial charge in [0.1, 0.15) is 0 Å². The Hall–Kier alpha value is -0.910. The van der Waals surface area contributed by atoms with Gasteiger partial charge >= 0.3 is 0 Å². The SMILES string of the molecule is CC(C)[C@@H](CO)NCC(=O)Nc1ccccc1Br. The van der Waals surface area contributed by atoms with Gasteiger partial charge in [-0.05, 0) is 34.0 Å². The number of nitrogens with one attached hydrogen (secondary N) is 2. The van der Waals surface area contributed by atoms with E-state index in [1.165, 1.54) is 0 Å². The molecule has 1 atom stereocenters. The van der Waals surface area contributed by atoms with E-state index in [1.54, 1.807) is 0 Å². The van der Waals surface area contributed by atoms with Crippen LogP contribution in [0.4, 0.5) is 5.69 Å². The van der Waals surface area contributed by atoms with Crippen molar-refractivity contribution in [1.29, 1.82) is 0 Å². The molecule has 0 bridgehead atoms. The molecule has 4 nitrogen and oxygen atoms in total. The molecule has 0 aliphatic heterocycles. The molecular formula is C13H19BrN2O2. The lowest BCUT2D eigenvalue weighted by Crippen LogP contribution is -2.41. The molecule has 0 heterocycles. The highest BCUT2D eigenvalue weighted by Gasteiger charge is 2.13. The standard InChI is InChI=1S/C13H19BrN2O2/c1-9(2)12(8-17)15-7-13(18)16-11-6-4-3-5-10(11)14/h3-6,9,12,15,17H,7-8H2,1-2H3,(H,16,18)/t12-/m1/s1. The van der Waals surface area contributed by atoms with E-state index < -0.39 is 0 Å². The maximum absolute atomic E-state index is 11.7. The van der Waals surface area contributed by atoms with Gasteiger partial charge in [0.05, 0.1) is 18.8 Å². The van der Waals surface area contributed by atoms with Crippen molar-refractivity contribution in [3.8, 4) is 0 Å². The van der Waals surface area contributed by atoms with Crippen LogP contribution in [0.15, 0.2) is 28.7 Å². The summed E-state index contributed by atoms with van der Waals surface area (Å²) in [7, 11) is 0. The summed E-state index contributed by atoms with van der Waals surface area (Å²) in [5.41, 5.74) is 0.745. The molecule has 100 valence electrons. The van der Waals surface area contributed by atoms with Gasteiger partial charge in [0.15, 0.2) is 0 Å². The Kier molecular flexibility index (Phi) is 6.32. The molecule has 0 saturated carbocycles. The summed E-state index contributed by atoms with van der Waals surface area (Å²) in [6, 6.07) is 7.38. The van der Waals surface area contributed by atoms with Crippen LogP contribution in [0.2, 0.25) is 0 Å². The predicted octanol–water partition coefficient (Wildman–Crippen LogP) is 1.99. The normalized spacial score (nSPS) is 12.5. The van der Waals surface area contributed by atoms with E-state index in [2.05, 4.69) is 26.6 Å². The summed E-state index contributed by atoms with van der Waals surface area (Å²) >= 11 is 3.37. The number of rotatable bonds is 6. The highest BCUT2D eigenvalue weighted by atomic mass is 79.9. The van der Waals surface area contributed by atoms with Gasteiger partial charge in [-0.3, -0.25) is 4.79 Å². The molecule has 0 saturated heterocycles. The van der Waals surface area contributed by atoms with Crippen molar-refractivity contribution in [2.45, 2.75) is 19.9 Å². The van der Waals surface area contributed by atoms with Crippen molar-refractivity contribution in [2.75, 3.05) is 18.5 Å². The highest BCUT2D eigenvalue weighted by Crippen LogP contribution is 2.20. The van der Waals surface area contributed by atoms with Gasteiger partial charge in [0, 0.05) is 10.5 Å². The summed E-state index contributed by atoms with van der Waals surface area (Å²) in [6.07, 6.45) is 0. The number of hydrogen-bond acceptors (Lipinski definition) is 3. The molecule has 0 aliphatic carbocycles. The van der Waals surface area contributed by atoms with Crippen LogP contribution in [0, 0.1) is 5.92 Å². The summed E-state index contributed by atoms with van der Waals surface area (Å²) < 4.78 is 0.848. The molecule has 5 heteroatoms. The quantitative estimate of drug-likeness (QED) is 0.752. The van der Waals surface area contributed by atoms with Gasteiger partial charge in [-0.2, -0.15) is 0 Å². The number of para-hydroxylation sites is 1. The lowest BCUT2D eigenvalue weighted by molar-refractivity contribution is -0.115. The number of aliphatic hydroxyl groups is 1. The number of benzene rings is 1. The average molecular weight is 315 g/mol. The van der Waals surface area contributed by atoms with Crippen LogP contribution in [-0.2, 0) is 4.79 Å². The Bertz CT molecular complexity index is 396. The third-order valence-corrected chi connectivity index (χ3v) is 3.37. The molecule has 1 rings (SSSR count). The fourth-order valence-corrected chi connectivity index (χ4v) is 1.88. The first-order valence-corrected chi connectivity index (χ1v) is 6.72. The Morgan fingerprint density at radius 3 is 2.61 bits per heavy atom. The van der Waals surface area contributed by atoms with Gasteiger partial charge in [-0.25, -0.2) is 0 Å². The van der Waals surface area contributed by atoms with E-state index in [0.29, 0.717) is 0 Å². The second kappa shape index (κ2) is 7.51. The summed E-state index contributed by atoms with van der Waals surface area (Å²) in [6.45, 7) is 4.21.